The molecule has 0 saturated heterocycles. The number of alkyl halides is 3. The predicted octanol–water partition coefficient (Wildman–Crippen LogP) is 4.28. The first kappa shape index (κ1) is 18.3. The number of carbonyl (C=O) groups excluding carboxylic acids is 1. The van der Waals surface area contributed by atoms with E-state index in [1.807, 2.05) is 0 Å². The summed E-state index contributed by atoms with van der Waals surface area (Å²) >= 11 is 1.39. The first-order chi connectivity index (χ1) is 11.4. The van der Waals surface area contributed by atoms with Crippen molar-refractivity contribution >= 4 is 17.2 Å². The summed E-state index contributed by atoms with van der Waals surface area (Å²) in [7, 11) is 1.55. The molecule has 0 bridgehead atoms. The van der Waals surface area contributed by atoms with Crippen LogP contribution in [0.2, 0.25) is 0 Å². The highest BCUT2D eigenvalue weighted by Crippen LogP contribution is 2.20. The minimum absolute atomic E-state index is 0.0234. The summed E-state index contributed by atoms with van der Waals surface area (Å²) in [5.41, 5.74) is 1.59. The van der Waals surface area contributed by atoms with Crippen LogP contribution in [0.3, 0.4) is 0 Å². The largest absolute Gasteiger partial charge is 0.497 e. The Morgan fingerprint density at radius 3 is 2.42 bits per heavy atom. The van der Waals surface area contributed by atoms with Crippen LogP contribution in [0.4, 0.5) is 13.2 Å². The number of rotatable bonds is 7. The van der Waals surface area contributed by atoms with Gasteiger partial charge in [-0.2, -0.15) is 24.5 Å². The van der Waals surface area contributed by atoms with Crippen molar-refractivity contribution in [2.24, 2.45) is 0 Å². The Balaban J connectivity index is 1.97. The van der Waals surface area contributed by atoms with Crippen molar-refractivity contribution in [3.05, 3.63) is 52.2 Å². The van der Waals surface area contributed by atoms with E-state index in [1.165, 1.54) is 11.3 Å². The maximum absolute atomic E-state index is 12.7. The number of aryl methyl sites for hydroxylation is 1. The van der Waals surface area contributed by atoms with Gasteiger partial charge in [-0.25, -0.2) is 0 Å². The Hall–Kier alpha value is -2.02. The lowest BCUT2D eigenvalue weighted by Crippen LogP contribution is -2.38. The molecule has 1 amide bonds. The van der Waals surface area contributed by atoms with Crippen molar-refractivity contribution in [3.63, 3.8) is 0 Å². The van der Waals surface area contributed by atoms with E-state index < -0.39 is 18.6 Å². The van der Waals surface area contributed by atoms with Gasteiger partial charge in [0.05, 0.1) is 7.11 Å². The molecule has 0 aliphatic heterocycles. The molecule has 0 N–H and O–H groups in total. The fraction of sp³-hybridized carbons (Fsp3) is 0.353. The highest BCUT2D eigenvalue weighted by Gasteiger charge is 2.32. The fourth-order valence-electron chi connectivity index (χ4n) is 2.25. The van der Waals surface area contributed by atoms with Crippen molar-refractivity contribution in [1.82, 2.24) is 4.90 Å². The van der Waals surface area contributed by atoms with E-state index in [9.17, 15) is 18.0 Å². The zero-order valence-corrected chi connectivity index (χ0v) is 14.0. The Morgan fingerprint density at radius 2 is 1.88 bits per heavy atom. The lowest BCUT2D eigenvalue weighted by atomic mass is 10.1. The number of nitrogens with zero attached hydrogens (tertiary/aromatic N) is 1. The molecule has 0 fully saturated rings. The number of amides is 1. The van der Waals surface area contributed by atoms with Crippen molar-refractivity contribution in [2.75, 3.05) is 13.7 Å². The third-order valence-electron chi connectivity index (χ3n) is 3.46. The second-order valence-electron chi connectivity index (χ2n) is 5.34. The van der Waals surface area contributed by atoms with Crippen LogP contribution >= 0.6 is 11.3 Å². The summed E-state index contributed by atoms with van der Waals surface area (Å²) in [4.78, 5) is 13.1. The Labute approximate surface area is 142 Å². The maximum atomic E-state index is 12.7. The van der Waals surface area contributed by atoms with Crippen LogP contribution in [0.1, 0.15) is 17.5 Å². The van der Waals surface area contributed by atoms with Crippen LogP contribution in [-0.2, 0) is 17.8 Å². The molecule has 0 unspecified atom stereocenters. The normalized spacial score (nSPS) is 11.3. The SMILES string of the molecule is COc1ccc(CCC(=O)N(Cc2ccsc2)CC(F)(F)F)cc1. The molecule has 2 aromatic rings. The molecule has 24 heavy (non-hydrogen) atoms. The van der Waals surface area contributed by atoms with Gasteiger partial charge < -0.3 is 9.64 Å². The third-order valence-corrected chi connectivity index (χ3v) is 4.20. The van der Waals surface area contributed by atoms with E-state index in [2.05, 4.69) is 0 Å². The number of hydrogen-bond donors (Lipinski definition) is 0. The molecule has 7 heteroatoms. The lowest BCUT2D eigenvalue weighted by Gasteiger charge is -2.23. The smallest absolute Gasteiger partial charge is 0.406 e. The van der Waals surface area contributed by atoms with Gasteiger partial charge in [0, 0.05) is 13.0 Å². The molecule has 1 aromatic heterocycles. The van der Waals surface area contributed by atoms with Crippen LogP contribution in [-0.4, -0.2) is 30.6 Å². The van der Waals surface area contributed by atoms with Crippen LogP contribution in [0.15, 0.2) is 41.1 Å². The molecule has 0 spiro atoms. The van der Waals surface area contributed by atoms with Crippen LogP contribution in [0, 0.1) is 0 Å². The molecule has 0 radical (unpaired) electrons. The summed E-state index contributed by atoms with van der Waals surface area (Å²) in [5, 5.41) is 3.53. The maximum Gasteiger partial charge on any atom is 0.406 e. The number of ether oxygens (including phenoxy) is 1. The van der Waals surface area contributed by atoms with E-state index in [-0.39, 0.29) is 13.0 Å². The van der Waals surface area contributed by atoms with E-state index in [0.717, 1.165) is 10.5 Å². The zero-order valence-electron chi connectivity index (χ0n) is 13.2. The number of methoxy groups -OCH3 is 1. The topological polar surface area (TPSA) is 29.5 Å². The fourth-order valence-corrected chi connectivity index (χ4v) is 2.91. The van der Waals surface area contributed by atoms with Gasteiger partial charge in [-0.15, -0.1) is 0 Å². The zero-order chi connectivity index (χ0) is 17.6. The predicted molar refractivity (Wildman–Crippen MR) is 87.1 cm³/mol. The Morgan fingerprint density at radius 1 is 1.17 bits per heavy atom. The summed E-state index contributed by atoms with van der Waals surface area (Å²) < 4.78 is 43.3. The average molecular weight is 357 g/mol. The molecule has 0 aliphatic carbocycles. The molecule has 0 atom stereocenters. The molecule has 0 saturated carbocycles. The van der Waals surface area contributed by atoms with E-state index in [0.29, 0.717) is 17.7 Å². The summed E-state index contributed by atoms with van der Waals surface area (Å²) in [6.07, 6.45) is -3.99. The minimum atomic E-state index is -4.41. The molecule has 130 valence electrons. The number of hydrogen-bond acceptors (Lipinski definition) is 3. The Kier molecular flexibility index (Phi) is 6.25. The van der Waals surface area contributed by atoms with Crippen molar-refractivity contribution in [1.29, 1.82) is 0 Å². The number of thiophene rings is 1. The molecule has 1 heterocycles. The molecular formula is C17H18F3NO2S. The summed E-state index contributed by atoms with van der Waals surface area (Å²) in [6.45, 7) is -1.26. The van der Waals surface area contributed by atoms with Crippen LogP contribution < -0.4 is 4.74 Å². The monoisotopic (exact) mass is 357 g/mol. The van der Waals surface area contributed by atoms with Gasteiger partial charge >= 0.3 is 6.18 Å². The lowest BCUT2D eigenvalue weighted by molar-refractivity contribution is -0.162. The number of benzene rings is 1. The van der Waals surface area contributed by atoms with Crippen molar-refractivity contribution in [2.45, 2.75) is 25.6 Å². The van der Waals surface area contributed by atoms with E-state index in [1.54, 1.807) is 48.2 Å². The van der Waals surface area contributed by atoms with E-state index in [4.69, 9.17) is 4.74 Å². The van der Waals surface area contributed by atoms with Crippen LogP contribution in [0.5, 0.6) is 5.75 Å². The van der Waals surface area contributed by atoms with E-state index >= 15 is 0 Å². The molecule has 3 nitrogen and oxygen atoms in total. The standard InChI is InChI=1S/C17H18F3NO2S/c1-23-15-5-2-13(3-6-15)4-7-16(22)21(12-17(18,19)20)10-14-8-9-24-11-14/h2-3,5-6,8-9,11H,4,7,10,12H2,1H3. The highest BCUT2D eigenvalue weighted by molar-refractivity contribution is 7.07. The van der Waals surface area contributed by atoms with Gasteiger partial charge in [-0.05, 0) is 46.5 Å². The first-order valence-corrected chi connectivity index (χ1v) is 8.30. The van der Waals surface area contributed by atoms with Crippen LogP contribution in [0.25, 0.3) is 0 Å². The number of carbonyl (C=O) groups is 1. The van der Waals surface area contributed by atoms with Gasteiger partial charge in [0.2, 0.25) is 5.91 Å². The molecule has 2 rings (SSSR count). The average Bonchev–Trinajstić information content (AvgIpc) is 3.04. The van der Waals surface area contributed by atoms with Gasteiger partial charge in [-0.3, -0.25) is 4.79 Å². The number of halogens is 3. The highest BCUT2D eigenvalue weighted by atomic mass is 32.1. The molecule has 0 aliphatic rings. The second-order valence-corrected chi connectivity index (χ2v) is 6.12. The van der Waals surface area contributed by atoms with Gasteiger partial charge in [0.25, 0.3) is 0 Å². The summed E-state index contributed by atoms with van der Waals surface area (Å²) in [5.74, 6) is 0.190. The van der Waals surface area contributed by atoms with Gasteiger partial charge in [0.1, 0.15) is 12.3 Å². The molecular weight excluding hydrogens is 339 g/mol. The first-order valence-electron chi connectivity index (χ1n) is 7.36. The van der Waals surface area contributed by atoms with Gasteiger partial charge in [0.15, 0.2) is 0 Å². The molecule has 1 aromatic carbocycles. The quantitative estimate of drug-likeness (QED) is 0.740. The minimum Gasteiger partial charge on any atom is -0.497 e. The van der Waals surface area contributed by atoms with Crippen molar-refractivity contribution in [3.8, 4) is 5.75 Å². The summed E-state index contributed by atoms with van der Waals surface area (Å²) in [6, 6.07) is 8.86. The van der Waals surface area contributed by atoms with Gasteiger partial charge in [-0.1, -0.05) is 12.1 Å². The second kappa shape index (κ2) is 8.19. The Bertz CT molecular complexity index is 639. The third kappa shape index (κ3) is 5.88. The van der Waals surface area contributed by atoms with Crippen molar-refractivity contribution < 1.29 is 22.7 Å².